The Balaban J connectivity index is 1.58. The van der Waals surface area contributed by atoms with Crippen molar-refractivity contribution in [3.63, 3.8) is 0 Å². The molecular formula is C17H15N3O2. The van der Waals surface area contributed by atoms with Gasteiger partial charge in [0, 0.05) is 18.1 Å². The molecule has 0 saturated heterocycles. The van der Waals surface area contributed by atoms with E-state index in [9.17, 15) is 4.79 Å². The van der Waals surface area contributed by atoms with Crippen LogP contribution >= 0.6 is 0 Å². The molecule has 0 aliphatic rings. The smallest absolute Gasteiger partial charge is 0.246 e. The molecule has 22 heavy (non-hydrogen) atoms. The van der Waals surface area contributed by atoms with E-state index < -0.39 is 0 Å². The highest BCUT2D eigenvalue weighted by atomic mass is 16.5. The van der Waals surface area contributed by atoms with Crippen LogP contribution in [0.2, 0.25) is 0 Å². The zero-order chi connectivity index (χ0) is 15.2. The van der Waals surface area contributed by atoms with E-state index in [1.54, 1.807) is 35.3 Å². The Labute approximate surface area is 128 Å². The number of hydrogen-bond acceptors (Lipinski definition) is 3. The molecule has 1 aromatic heterocycles. The van der Waals surface area contributed by atoms with Crippen molar-refractivity contribution in [3.8, 4) is 11.5 Å². The number of nitrogens with one attached hydrogen (secondary N) is 1. The number of rotatable bonds is 5. The van der Waals surface area contributed by atoms with E-state index in [1.165, 1.54) is 0 Å². The fraction of sp³-hybridized carbons (Fsp3) is 0.0588. The number of carbonyl (C=O) groups is 1. The van der Waals surface area contributed by atoms with E-state index in [-0.39, 0.29) is 12.5 Å². The summed E-state index contributed by atoms with van der Waals surface area (Å²) in [5, 5.41) is 6.81. The van der Waals surface area contributed by atoms with Gasteiger partial charge in [-0.3, -0.25) is 9.48 Å². The number of carbonyl (C=O) groups excluding carboxylic acids is 1. The molecule has 0 unspecified atom stereocenters. The van der Waals surface area contributed by atoms with Gasteiger partial charge >= 0.3 is 0 Å². The molecule has 0 fully saturated rings. The number of ether oxygens (including phenoxy) is 1. The molecule has 1 heterocycles. The van der Waals surface area contributed by atoms with Gasteiger partial charge in [0.15, 0.2) is 0 Å². The molecule has 3 aromatic rings. The van der Waals surface area contributed by atoms with Gasteiger partial charge in [0.05, 0.1) is 0 Å². The summed E-state index contributed by atoms with van der Waals surface area (Å²) in [7, 11) is 0. The molecule has 0 bridgehead atoms. The van der Waals surface area contributed by atoms with Gasteiger partial charge in [-0.25, -0.2) is 0 Å². The average Bonchev–Trinajstić information content (AvgIpc) is 3.03. The third-order valence-corrected chi connectivity index (χ3v) is 2.98. The molecule has 3 rings (SSSR count). The lowest BCUT2D eigenvalue weighted by Crippen LogP contribution is -2.18. The van der Waals surface area contributed by atoms with Gasteiger partial charge in [0.25, 0.3) is 0 Å². The monoisotopic (exact) mass is 293 g/mol. The fourth-order valence-corrected chi connectivity index (χ4v) is 1.97. The lowest BCUT2D eigenvalue weighted by Gasteiger charge is -2.08. The van der Waals surface area contributed by atoms with Crippen LogP contribution in [-0.2, 0) is 11.3 Å². The molecular weight excluding hydrogens is 278 g/mol. The summed E-state index contributed by atoms with van der Waals surface area (Å²) in [6, 6.07) is 18.6. The normalized spacial score (nSPS) is 10.2. The maximum absolute atomic E-state index is 11.9. The van der Waals surface area contributed by atoms with Gasteiger partial charge in [-0.05, 0) is 42.5 Å². The van der Waals surface area contributed by atoms with Crippen molar-refractivity contribution in [3.05, 3.63) is 73.1 Å². The first kappa shape index (κ1) is 13.9. The summed E-state index contributed by atoms with van der Waals surface area (Å²) in [6.07, 6.45) is 3.39. The summed E-state index contributed by atoms with van der Waals surface area (Å²) in [4.78, 5) is 11.9. The van der Waals surface area contributed by atoms with Crippen molar-refractivity contribution in [2.24, 2.45) is 0 Å². The van der Waals surface area contributed by atoms with Crippen LogP contribution in [0, 0.1) is 0 Å². The number of hydrogen-bond donors (Lipinski definition) is 1. The van der Waals surface area contributed by atoms with Crippen LogP contribution in [0.4, 0.5) is 5.69 Å². The van der Waals surface area contributed by atoms with Gasteiger partial charge < -0.3 is 10.1 Å². The standard InChI is InChI=1S/C17H15N3O2/c21-17(13-20-12-4-11-18-20)19-14-7-9-16(10-8-14)22-15-5-2-1-3-6-15/h1-12H,13H2,(H,19,21). The van der Waals surface area contributed by atoms with Gasteiger partial charge in [0.1, 0.15) is 18.0 Å². The zero-order valence-electron chi connectivity index (χ0n) is 11.8. The second-order valence-corrected chi connectivity index (χ2v) is 4.69. The van der Waals surface area contributed by atoms with Crippen molar-refractivity contribution in [1.82, 2.24) is 9.78 Å². The topological polar surface area (TPSA) is 56.2 Å². The first-order valence-electron chi connectivity index (χ1n) is 6.90. The molecule has 1 amide bonds. The molecule has 110 valence electrons. The quantitative estimate of drug-likeness (QED) is 0.785. The third-order valence-electron chi connectivity index (χ3n) is 2.98. The van der Waals surface area contributed by atoms with Crippen molar-refractivity contribution in [2.45, 2.75) is 6.54 Å². The minimum atomic E-state index is -0.125. The Morgan fingerprint density at radius 1 is 1.00 bits per heavy atom. The second-order valence-electron chi connectivity index (χ2n) is 4.69. The van der Waals surface area contributed by atoms with Crippen LogP contribution in [-0.4, -0.2) is 15.7 Å². The highest BCUT2D eigenvalue weighted by Gasteiger charge is 2.04. The van der Waals surface area contributed by atoms with Crippen LogP contribution in [0.3, 0.4) is 0 Å². The van der Waals surface area contributed by atoms with E-state index in [0.29, 0.717) is 0 Å². The molecule has 0 saturated carbocycles. The lowest BCUT2D eigenvalue weighted by molar-refractivity contribution is -0.116. The van der Waals surface area contributed by atoms with Crippen molar-refractivity contribution in [2.75, 3.05) is 5.32 Å². The molecule has 5 nitrogen and oxygen atoms in total. The zero-order valence-corrected chi connectivity index (χ0v) is 11.8. The van der Waals surface area contributed by atoms with E-state index in [4.69, 9.17) is 4.74 Å². The van der Waals surface area contributed by atoms with Crippen LogP contribution in [0.1, 0.15) is 0 Å². The van der Waals surface area contributed by atoms with Gasteiger partial charge in [-0.15, -0.1) is 0 Å². The average molecular weight is 293 g/mol. The fourth-order valence-electron chi connectivity index (χ4n) is 1.97. The minimum absolute atomic E-state index is 0.125. The maximum Gasteiger partial charge on any atom is 0.246 e. The van der Waals surface area contributed by atoms with Crippen molar-refractivity contribution < 1.29 is 9.53 Å². The summed E-state index contributed by atoms with van der Waals surface area (Å²) >= 11 is 0. The summed E-state index contributed by atoms with van der Waals surface area (Å²) in [5.74, 6) is 1.37. The molecule has 0 radical (unpaired) electrons. The largest absolute Gasteiger partial charge is 0.457 e. The van der Waals surface area contributed by atoms with Crippen LogP contribution in [0.5, 0.6) is 11.5 Å². The van der Waals surface area contributed by atoms with E-state index >= 15 is 0 Å². The highest BCUT2D eigenvalue weighted by molar-refractivity contribution is 5.90. The Morgan fingerprint density at radius 2 is 1.73 bits per heavy atom. The van der Waals surface area contributed by atoms with Crippen molar-refractivity contribution >= 4 is 11.6 Å². The number of anilines is 1. The summed E-state index contributed by atoms with van der Waals surface area (Å²) in [6.45, 7) is 0.190. The Kier molecular flexibility index (Phi) is 4.15. The molecule has 0 aliphatic heterocycles. The SMILES string of the molecule is O=C(Cn1cccn1)Nc1ccc(Oc2ccccc2)cc1. The van der Waals surface area contributed by atoms with E-state index in [2.05, 4.69) is 10.4 Å². The summed E-state index contributed by atoms with van der Waals surface area (Å²) < 4.78 is 7.27. The highest BCUT2D eigenvalue weighted by Crippen LogP contribution is 2.22. The molecule has 0 atom stereocenters. The van der Waals surface area contributed by atoms with Crippen LogP contribution in [0.15, 0.2) is 73.1 Å². The molecule has 2 aromatic carbocycles. The number of nitrogens with zero attached hydrogens (tertiary/aromatic N) is 2. The molecule has 5 heteroatoms. The van der Waals surface area contributed by atoms with E-state index in [0.717, 1.165) is 17.2 Å². The predicted molar refractivity (Wildman–Crippen MR) is 83.8 cm³/mol. The number of amides is 1. The molecule has 1 N–H and O–H groups in total. The predicted octanol–water partition coefficient (Wildman–Crippen LogP) is 3.31. The third kappa shape index (κ3) is 3.73. The Hall–Kier alpha value is -3.08. The van der Waals surface area contributed by atoms with Crippen LogP contribution in [0.25, 0.3) is 0 Å². The molecule has 0 spiro atoms. The van der Waals surface area contributed by atoms with Gasteiger partial charge in [0.2, 0.25) is 5.91 Å². The summed E-state index contributed by atoms with van der Waals surface area (Å²) in [5.41, 5.74) is 0.720. The van der Waals surface area contributed by atoms with Crippen molar-refractivity contribution in [1.29, 1.82) is 0 Å². The van der Waals surface area contributed by atoms with Gasteiger partial charge in [-0.1, -0.05) is 18.2 Å². The Bertz CT molecular complexity index is 722. The van der Waals surface area contributed by atoms with E-state index in [1.807, 2.05) is 42.5 Å². The number of benzene rings is 2. The lowest BCUT2D eigenvalue weighted by atomic mass is 10.3. The first-order valence-corrected chi connectivity index (χ1v) is 6.90. The van der Waals surface area contributed by atoms with Gasteiger partial charge in [-0.2, -0.15) is 5.10 Å². The second kappa shape index (κ2) is 6.58. The molecule has 0 aliphatic carbocycles. The Morgan fingerprint density at radius 3 is 2.41 bits per heavy atom. The first-order chi connectivity index (χ1) is 10.8. The number of aromatic nitrogens is 2. The van der Waals surface area contributed by atoms with Crippen LogP contribution < -0.4 is 10.1 Å². The maximum atomic E-state index is 11.9. The minimum Gasteiger partial charge on any atom is -0.457 e. The number of para-hydroxylation sites is 1.